The first kappa shape index (κ1) is 45.9. The number of rotatable bonds is 40. The second kappa shape index (κ2) is 39.4. The average Bonchev–Trinajstić information content (AvgIpc) is 3.05. The fourth-order valence-electron chi connectivity index (χ4n) is 6.89. The Kier molecular flexibility index (Phi) is 38.5. The fraction of sp³-hybridized carbons (Fsp3) is 0.953. The molecule has 0 aliphatic heterocycles. The first-order valence-corrected chi connectivity index (χ1v) is 21.5. The van der Waals surface area contributed by atoms with Crippen LogP contribution in [-0.4, -0.2) is 23.1 Å². The highest BCUT2D eigenvalue weighted by molar-refractivity contribution is 5.69. The van der Waals surface area contributed by atoms with E-state index in [0.717, 1.165) is 64.2 Å². The predicted octanol–water partition coefficient (Wildman–Crippen LogP) is 14.8. The fourth-order valence-corrected chi connectivity index (χ4v) is 6.89. The van der Waals surface area contributed by atoms with E-state index < -0.39 is 5.97 Å². The number of ether oxygens (including phenoxy) is 1. The second-order valence-corrected chi connectivity index (χ2v) is 14.9. The van der Waals surface area contributed by atoms with Crippen molar-refractivity contribution in [2.24, 2.45) is 0 Å². The molecule has 1 atom stereocenters. The summed E-state index contributed by atoms with van der Waals surface area (Å²) < 4.78 is 6.00. The number of carbonyl (C=O) groups excluding carboxylic acids is 1. The van der Waals surface area contributed by atoms with Gasteiger partial charge in [-0.15, -0.1) is 0 Å². The van der Waals surface area contributed by atoms with E-state index in [1.165, 1.54) is 167 Å². The molecule has 0 amide bonds. The molecule has 1 N–H and O–H groups in total. The maximum absolute atomic E-state index is 12.6. The van der Waals surface area contributed by atoms with Crippen molar-refractivity contribution >= 4 is 11.9 Å². The topological polar surface area (TPSA) is 63.6 Å². The van der Waals surface area contributed by atoms with Gasteiger partial charge >= 0.3 is 11.9 Å². The van der Waals surface area contributed by atoms with Crippen molar-refractivity contribution in [3.63, 3.8) is 0 Å². The quantitative estimate of drug-likeness (QED) is 0.0523. The number of aliphatic carboxylic acids is 1. The van der Waals surface area contributed by atoms with Crippen LogP contribution in [0.15, 0.2) is 0 Å². The summed E-state index contributed by atoms with van der Waals surface area (Å²) in [5, 5.41) is 8.81. The third-order valence-electron chi connectivity index (χ3n) is 10.1. The van der Waals surface area contributed by atoms with Gasteiger partial charge in [-0.05, 0) is 38.5 Å². The summed E-state index contributed by atoms with van der Waals surface area (Å²) in [7, 11) is 0. The normalized spacial score (nSPS) is 12.0. The van der Waals surface area contributed by atoms with Gasteiger partial charge in [0.2, 0.25) is 0 Å². The molecule has 0 aromatic rings. The van der Waals surface area contributed by atoms with E-state index in [1.54, 1.807) is 0 Å². The van der Waals surface area contributed by atoms with Gasteiger partial charge in [-0.3, -0.25) is 9.59 Å². The molecule has 0 aromatic heterocycles. The van der Waals surface area contributed by atoms with Crippen molar-refractivity contribution < 1.29 is 19.4 Å². The van der Waals surface area contributed by atoms with Crippen LogP contribution in [0, 0.1) is 0 Å². The number of hydrogen-bond acceptors (Lipinski definition) is 3. The number of carbonyl (C=O) groups is 2. The molecule has 4 nitrogen and oxygen atoms in total. The number of esters is 1. The molecule has 4 heteroatoms. The first-order chi connectivity index (χ1) is 23.1. The molecule has 0 aliphatic carbocycles. The van der Waals surface area contributed by atoms with Gasteiger partial charge < -0.3 is 9.84 Å². The lowest BCUT2D eigenvalue weighted by Gasteiger charge is -2.18. The summed E-state index contributed by atoms with van der Waals surface area (Å²) in [6.45, 7) is 4.56. The van der Waals surface area contributed by atoms with Crippen LogP contribution in [0.4, 0.5) is 0 Å². The van der Waals surface area contributed by atoms with Crippen LogP contribution < -0.4 is 0 Å². The summed E-state index contributed by atoms with van der Waals surface area (Å²) in [6, 6.07) is 0. The monoisotopic (exact) mass is 665 g/mol. The van der Waals surface area contributed by atoms with Crippen LogP contribution >= 0.6 is 0 Å². The molecule has 0 spiro atoms. The average molecular weight is 665 g/mol. The zero-order valence-electron chi connectivity index (χ0n) is 32.1. The number of unbranched alkanes of at least 4 members (excludes halogenated alkanes) is 31. The van der Waals surface area contributed by atoms with Crippen molar-refractivity contribution in [3.05, 3.63) is 0 Å². The Morgan fingerprint density at radius 3 is 0.936 bits per heavy atom. The molecule has 0 aromatic carbocycles. The Balaban J connectivity index is 3.77. The largest absolute Gasteiger partial charge is 0.481 e. The standard InChI is InChI=1S/C43H84O4/c1-3-5-7-9-11-13-14-15-16-17-18-19-20-21-22-23-24-25-27-32-36-40-43(46)47-41(37-33-29-26-12-10-8-6-4-2)38-34-30-28-31-35-39-42(44)45/h41H,3-40H2,1-2H3,(H,44,45). The second-order valence-electron chi connectivity index (χ2n) is 14.9. The Bertz CT molecular complexity index is 633. The molecule has 0 heterocycles. The Morgan fingerprint density at radius 1 is 0.383 bits per heavy atom. The van der Waals surface area contributed by atoms with Gasteiger partial charge in [0.1, 0.15) is 6.10 Å². The van der Waals surface area contributed by atoms with Gasteiger partial charge in [0.25, 0.3) is 0 Å². The Labute approximate surface area is 294 Å². The predicted molar refractivity (Wildman–Crippen MR) is 204 cm³/mol. The van der Waals surface area contributed by atoms with Gasteiger partial charge in [-0.2, -0.15) is 0 Å². The van der Waals surface area contributed by atoms with E-state index >= 15 is 0 Å². The molecular weight excluding hydrogens is 580 g/mol. The highest BCUT2D eigenvalue weighted by Crippen LogP contribution is 2.19. The van der Waals surface area contributed by atoms with E-state index in [1.807, 2.05) is 0 Å². The third kappa shape index (κ3) is 39.3. The SMILES string of the molecule is CCCCCCCCCCCCCCCCCCCCCCCC(=O)OC(CCCCCCCCCC)CCCCCCCC(=O)O. The lowest BCUT2D eigenvalue weighted by molar-refractivity contribution is -0.150. The lowest BCUT2D eigenvalue weighted by Crippen LogP contribution is -2.18. The molecule has 0 radical (unpaired) electrons. The van der Waals surface area contributed by atoms with Crippen molar-refractivity contribution in [2.75, 3.05) is 0 Å². The van der Waals surface area contributed by atoms with Gasteiger partial charge in [-0.1, -0.05) is 206 Å². The molecule has 1 unspecified atom stereocenters. The number of carboxylic acids is 1. The van der Waals surface area contributed by atoms with Gasteiger partial charge in [-0.25, -0.2) is 0 Å². The van der Waals surface area contributed by atoms with E-state index in [0.29, 0.717) is 6.42 Å². The Hall–Kier alpha value is -1.06. The minimum atomic E-state index is -0.697. The van der Waals surface area contributed by atoms with Gasteiger partial charge in [0.15, 0.2) is 0 Å². The summed E-state index contributed by atoms with van der Waals surface area (Å²) in [5.74, 6) is -0.688. The van der Waals surface area contributed by atoms with Crippen LogP contribution in [0.25, 0.3) is 0 Å². The maximum atomic E-state index is 12.6. The Morgan fingerprint density at radius 2 is 0.638 bits per heavy atom. The molecule has 0 fully saturated rings. The van der Waals surface area contributed by atoms with E-state index in [-0.39, 0.29) is 18.5 Å². The molecule has 47 heavy (non-hydrogen) atoms. The van der Waals surface area contributed by atoms with E-state index in [4.69, 9.17) is 9.84 Å². The van der Waals surface area contributed by atoms with Gasteiger partial charge in [0, 0.05) is 12.8 Å². The minimum absolute atomic E-state index is 0.00817. The molecule has 280 valence electrons. The van der Waals surface area contributed by atoms with Crippen LogP contribution in [0.2, 0.25) is 0 Å². The highest BCUT2D eigenvalue weighted by Gasteiger charge is 2.14. The summed E-state index contributed by atoms with van der Waals surface area (Å²) in [4.78, 5) is 23.3. The van der Waals surface area contributed by atoms with Crippen LogP contribution in [0.1, 0.15) is 258 Å². The smallest absolute Gasteiger partial charge is 0.306 e. The zero-order valence-corrected chi connectivity index (χ0v) is 32.1. The van der Waals surface area contributed by atoms with Crippen LogP contribution in [0.3, 0.4) is 0 Å². The molecule has 0 saturated heterocycles. The van der Waals surface area contributed by atoms with E-state index in [2.05, 4.69) is 13.8 Å². The highest BCUT2D eigenvalue weighted by atomic mass is 16.5. The molecule has 0 saturated carbocycles. The zero-order chi connectivity index (χ0) is 34.3. The molecule has 0 aliphatic rings. The summed E-state index contributed by atoms with van der Waals surface area (Å²) in [5.41, 5.74) is 0. The molecular formula is C43H84O4. The molecule has 0 bridgehead atoms. The first-order valence-electron chi connectivity index (χ1n) is 21.5. The van der Waals surface area contributed by atoms with Crippen LogP contribution in [-0.2, 0) is 14.3 Å². The van der Waals surface area contributed by atoms with Crippen molar-refractivity contribution in [3.8, 4) is 0 Å². The molecule has 0 rings (SSSR count). The number of carboxylic acid groups (broad SMARTS) is 1. The number of hydrogen-bond donors (Lipinski definition) is 1. The lowest BCUT2D eigenvalue weighted by atomic mass is 10.0. The summed E-state index contributed by atoms with van der Waals surface area (Å²) in [6.07, 6.45) is 47.1. The summed E-state index contributed by atoms with van der Waals surface area (Å²) >= 11 is 0. The maximum Gasteiger partial charge on any atom is 0.306 e. The van der Waals surface area contributed by atoms with Crippen molar-refractivity contribution in [1.29, 1.82) is 0 Å². The minimum Gasteiger partial charge on any atom is -0.481 e. The van der Waals surface area contributed by atoms with Gasteiger partial charge in [0.05, 0.1) is 0 Å². The van der Waals surface area contributed by atoms with Crippen molar-refractivity contribution in [1.82, 2.24) is 0 Å². The third-order valence-corrected chi connectivity index (χ3v) is 10.1. The van der Waals surface area contributed by atoms with Crippen molar-refractivity contribution in [2.45, 2.75) is 264 Å². The van der Waals surface area contributed by atoms with Crippen LogP contribution in [0.5, 0.6) is 0 Å². The van der Waals surface area contributed by atoms with E-state index in [9.17, 15) is 9.59 Å².